The summed E-state index contributed by atoms with van der Waals surface area (Å²) in [5.41, 5.74) is 1.95. The van der Waals surface area contributed by atoms with Crippen molar-refractivity contribution in [2.45, 2.75) is 0 Å². The first kappa shape index (κ1) is 9.83. The predicted octanol–water partition coefficient (Wildman–Crippen LogP) is -0.177. The molecule has 15 heavy (non-hydrogen) atoms. The fourth-order valence-corrected chi connectivity index (χ4v) is 1.42. The van der Waals surface area contributed by atoms with Crippen LogP contribution in [0.1, 0.15) is 0 Å². The van der Waals surface area contributed by atoms with Gasteiger partial charge in [0.1, 0.15) is 6.33 Å². The summed E-state index contributed by atoms with van der Waals surface area (Å²) in [4.78, 5) is 7.77. The van der Waals surface area contributed by atoms with Gasteiger partial charge in [0.2, 0.25) is 0 Å². The predicted molar refractivity (Wildman–Crippen MR) is 57.3 cm³/mol. The molecule has 4 nitrogen and oxygen atoms in total. The smallest absolute Gasteiger partial charge is 0.423 e. The summed E-state index contributed by atoms with van der Waals surface area (Å²) in [5, 5.41) is 18.4. The summed E-state index contributed by atoms with van der Waals surface area (Å²) < 4.78 is 0. The molecule has 0 aliphatic rings. The van der Waals surface area contributed by atoms with Gasteiger partial charge in [-0.3, -0.25) is 0 Å². The van der Waals surface area contributed by atoms with E-state index in [1.54, 1.807) is 30.6 Å². The molecule has 5 heteroatoms. The molecule has 1 aromatic carbocycles. The van der Waals surface area contributed by atoms with Gasteiger partial charge in [0.15, 0.2) is 0 Å². The van der Waals surface area contributed by atoms with E-state index in [1.807, 2.05) is 6.07 Å². The highest BCUT2D eigenvalue weighted by atomic mass is 16.4. The Morgan fingerprint density at radius 2 is 1.67 bits per heavy atom. The SMILES string of the molecule is OB(O)c1ccccc1-c1cncnc1. The lowest BCUT2D eigenvalue weighted by molar-refractivity contribution is 0.426. The zero-order valence-corrected chi connectivity index (χ0v) is 7.91. The lowest BCUT2D eigenvalue weighted by Gasteiger charge is -2.07. The summed E-state index contributed by atoms with van der Waals surface area (Å²) in [5.74, 6) is 0. The van der Waals surface area contributed by atoms with Crippen molar-refractivity contribution in [2.24, 2.45) is 0 Å². The van der Waals surface area contributed by atoms with Gasteiger partial charge >= 0.3 is 7.12 Å². The molecule has 0 saturated heterocycles. The third-order valence-corrected chi connectivity index (χ3v) is 2.11. The van der Waals surface area contributed by atoms with Crippen molar-refractivity contribution in [1.29, 1.82) is 0 Å². The van der Waals surface area contributed by atoms with Gasteiger partial charge < -0.3 is 10.0 Å². The summed E-state index contributed by atoms with van der Waals surface area (Å²) in [6.45, 7) is 0. The molecule has 0 bridgehead atoms. The van der Waals surface area contributed by atoms with E-state index in [-0.39, 0.29) is 0 Å². The highest BCUT2D eigenvalue weighted by Gasteiger charge is 2.16. The monoisotopic (exact) mass is 200 g/mol. The maximum absolute atomic E-state index is 9.18. The Morgan fingerprint density at radius 3 is 2.33 bits per heavy atom. The van der Waals surface area contributed by atoms with Crippen molar-refractivity contribution in [3.8, 4) is 11.1 Å². The van der Waals surface area contributed by atoms with Crippen molar-refractivity contribution in [2.75, 3.05) is 0 Å². The molecule has 0 unspecified atom stereocenters. The van der Waals surface area contributed by atoms with Gasteiger partial charge in [0, 0.05) is 18.0 Å². The van der Waals surface area contributed by atoms with Gasteiger partial charge in [-0.2, -0.15) is 0 Å². The van der Waals surface area contributed by atoms with Crippen LogP contribution in [0.3, 0.4) is 0 Å². The molecule has 0 spiro atoms. The van der Waals surface area contributed by atoms with Crippen molar-refractivity contribution in [3.05, 3.63) is 43.0 Å². The molecule has 0 atom stereocenters. The summed E-state index contributed by atoms with van der Waals surface area (Å²) in [7, 11) is -1.48. The molecule has 0 saturated carbocycles. The van der Waals surface area contributed by atoms with Crippen LogP contribution in [0.5, 0.6) is 0 Å². The minimum absolute atomic E-state index is 0.451. The van der Waals surface area contributed by atoms with Crippen LogP contribution in [0.4, 0.5) is 0 Å². The molecule has 0 aliphatic heterocycles. The van der Waals surface area contributed by atoms with Crippen molar-refractivity contribution >= 4 is 12.6 Å². The fraction of sp³-hybridized carbons (Fsp3) is 0. The van der Waals surface area contributed by atoms with E-state index in [9.17, 15) is 10.0 Å². The molecular formula is C10H9BN2O2. The second kappa shape index (κ2) is 4.21. The van der Waals surface area contributed by atoms with Gasteiger partial charge in [-0.25, -0.2) is 9.97 Å². The highest BCUT2D eigenvalue weighted by Crippen LogP contribution is 2.14. The second-order valence-corrected chi connectivity index (χ2v) is 3.09. The van der Waals surface area contributed by atoms with E-state index >= 15 is 0 Å². The molecule has 0 aliphatic carbocycles. The lowest BCUT2D eigenvalue weighted by atomic mass is 9.76. The van der Waals surface area contributed by atoms with Crippen molar-refractivity contribution < 1.29 is 10.0 Å². The van der Waals surface area contributed by atoms with Crippen LogP contribution in [-0.4, -0.2) is 27.1 Å². The zero-order valence-electron chi connectivity index (χ0n) is 7.91. The average molecular weight is 200 g/mol. The van der Waals surface area contributed by atoms with Crippen LogP contribution < -0.4 is 5.46 Å². The van der Waals surface area contributed by atoms with Gasteiger partial charge in [-0.05, 0) is 11.0 Å². The van der Waals surface area contributed by atoms with Gasteiger partial charge in [0.25, 0.3) is 0 Å². The number of nitrogens with zero attached hydrogens (tertiary/aromatic N) is 2. The van der Waals surface area contributed by atoms with Gasteiger partial charge in [0.05, 0.1) is 0 Å². The first-order valence-corrected chi connectivity index (χ1v) is 4.49. The molecule has 74 valence electrons. The molecule has 1 aromatic heterocycles. The van der Waals surface area contributed by atoms with Crippen LogP contribution in [0.25, 0.3) is 11.1 Å². The summed E-state index contributed by atoms with van der Waals surface area (Å²) in [6, 6.07) is 7.04. The molecule has 1 heterocycles. The molecule has 0 radical (unpaired) electrons. The Labute approximate surface area is 87.4 Å². The van der Waals surface area contributed by atoms with Gasteiger partial charge in [-0.15, -0.1) is 0 Å². The number of benzene rings is 1. The molecule has 2 N–H and O–H groups in total. The molecular weight excluding hydrogens is 191 g/mol. The summed E-state index contributed by atoms with van der Waals surface area (Å²) in [6.07, 6.45) is 4.70. The highest BCUT2D eigenvalue weighted by molar-refractivity contribution is 6.60. The average Bonchev–Trinajstić information content (AvgIpc) is 2.30. The van der Waals surface area contributed by atoms with E-state index in [0.717, 1.165) is 11.1 Å². The Hall–Kier alpha value is -1.72. The van der Waals surface area contributed by atoms with E-state index in [2.05, 4.69) is 9.97 Å². The van der Waals surface area contributed by atoms with E-state index in [0.29, 0.717) is 5.46 Å². The minimum atomic E-state index is -1.48. The van der Waals surface area contributed by atoms with Crippen LogP contribution >= 0.6 is 0 Å². The number of hydrogen-bond acceptors (Lipinski definition) is 4. The molecule has 0 fully saturated rings. The van der Waals surface area contributed by atoms with E-state index in [1.165, 1.54) is 6.33 Å². The molecule has 2 rings (SSSR count). The Bertz CT molecular complexity index is 448. The van der Waals surface area contributed by atoms with Crippen molar-refractivity contribution in [1.82, 2.24) is 9.97 Å². The van der Waals surface area contributed by atoms with E-state index in [4.69, 9.17) is 0 Å². The normalized spacial score (nSPS) is 10.0. The maximum atomic E-state index is 9.18. The van der Waals surface area contributed by atoms with Crippen LogP contribution in [0, 0.1) is 0 Å². The second-order valence-electron chi connectivity index (χ2n) is 3.09. The number of rotatable bonds is 2. The number of aromatic nitrogens is 2. The Kier molecular flexibility index (Phi) is 2.76. The standard InChI is InChI=1S/C10H9BN2O2/c14-11(15)10-4-2-1-3-9(10)8-5-12-7-13-6-8/h1-7,14-15H. The third kappa shape index (κ3) is 2.03. The third-order valence-electron chi connectivity index (χ3n) is 2.11. The fourth-order valence-electron chi connectivity index (χ4n) is 1.42. The molecule has 2 aromatic rings. The number of hydrogen-bond donors (Lipinski definition) is 2. The largest absolute Gasteiger partial charge is 0.489 e. The van der Waals surface area contributed by atoms with E-state index < -0.39 is 7.12 Å². The lowest BCUT2D eigenvalue weighted by Crippen LogP contribution is -2.31. The Morgan fingerprint density at radius 1 is 1.00 bits per heavy atom. The van der Waals surface area contributed by atoms with Crippen LogP contribution in [-0.2, 0) is 0 Å². The maximum Gasteiger partial charge on any atom is 0.489 e. The first-order valence-electron chi connectivity index (χ1n) is 4.49. The van der Waals surface area contributed by atoms with Crippen LogP contribution in [0.2, 0.25) is 0 Å². The first-order chi connectivity index (χ1) is 7.29. The topological polar surface area (TPSA) is 66.2 Å². The van der Waals surface area contributed by atoms with Crippen molar-refractivity contribution in [3.63, 3.8) is 0 Å². The quantitative estimate of drug-likeness (QED) is 0.660. The zero-order chi connectivity index (χ0) is 10.7. The van der Waals surface area contributed by atoms with Gasteiger partial charge in [-0.1, -0.05) is 24.3 Å². The molecule has 0 amide bonds. The minimum Gasteiger partial charge on any atom is -0.423 e. The van der Waals surface area contributed by atoms with Crippen LogP contribution in [0.15, 0.2) is 43.0 Å². The summed E-state index contributed by atoms with van der Waals surface area (Å²) >= 11 is 0. The Balaban J connectivity index is 2.53.